The maximum absolute atomic E-state index is 4.53. The van der Waals surface area contributed by atoms with Crippen LogP contribution in [0.15, 0.2) is 12.5 Å². The number of aromatic amines is 1. The Balaban J connectivity index is 1.92. The first-order chi connectivity index (χ1) is 11.2. The first-order valence-corrected chi connectivity index (χ1v) is 8.94. The van der Waals surface area contributed by atoms with Gasteiger partial charge in [0.25, 0.3) is 0 Å². The molecule has 6 nitrogen and oxygen atoms in total. The topological polar surface area (TPSA) is 68.9 Å². The quantitative estimate of drug-likeness (QED) is 0.709. The lowest BCUT2D eigenvalue weighted by Crippen LogP contribution is -2.33. The molecule has 1 saturated heterocycles. The van der Waals surface area contributed by atoms with E-state index in [1.54, 1.807) is 6.33 Å². The minimum Gasteiger partial charge on any atom is -0.356 e. The van der Waals surface area contributed by atoms with Crippen molar-refractivity contribution in [3.05, 3.63) is 18.1 Å². The van der Waals surface area contributed by atoms with E-state index in [9.17, 15) is 0 Å². The molecule has 0 spiro atoms. The van der Waals surface area contributed by atoms with Crippen molar-refractivity contribution in [2.24, 2.45) is 0 Å². The highest BCUT2D eigenvalue weighted by molar-refractivity contribution is 7.18. The fourth-order valence-corrected chi connectivity index (χ4v) is 3.84. The van der Waals surface area contributed by atoms with Crippen molar-refractivity contribution < 1.29 is 0 Å². The first kappa shape index (κ1) is 16.6. The van der Waals surface area contributed by atoms with Gasteiger partial charge in [-0.3, -0.25) is 0 Å². The number of H-pyrrole nitrogens is 1. The third-order valence-corrected chi connectivity index (χ3v) is 5.13. The number of rotatable bonds is 6. The van der Waals surface area contributed by atoms with Crippen molar-refractivity contribution >= 4 is 26.2 Å². The molecule has 3 N–H and O–H groups in total. The summed E-state index contributed by atoms with van der Waals surface area (Å²) in [4.78, 5) is 14.5. The van der Waals surface area contributed by atoms with Gasteiger partial charge in [-0.2, -0.15) is 0 Å². The minimum absolute atomic E-state index is 0.299. The highest BCUT2D eigenvalue weighted by Gasteiger charge is 2.37. The Morgan fingerprint density at radius 3 is 2.91 bits per heavy atom. The summed E-state index contributed by atoms with van der Waals surface area (Å²) in [5.41, 5.74) is 3.21. The lowest BCUT2D eigenvalue weighted by molar-refractivity contribution is 0.270. The SMILES string of the molecule is CCCCC1CC(N(C)C)C(c2c[nH]c3c(NP)ncnc23)N1. The highest BCUT2D eigenvalue weighted by atomic mass is 31.0. The molecule has 23 heavy (non-hydrogen) atoms. The van der Waals surface area contributed by atoms with E-state index in [1.807, 2.05) is 0 Å². The monoisotopic (exact) mass is 334 g/mol. The summed E-state index contributed by atoms with van der Waals surface area (Å²) >= 11 is 0. The van der Waals surface area contributed by atoms with Gasteiger partial charge in [-0.25, -0.2) is 9.97 Å². The molecule has 0 bridgehead atoms. The largest absolute Gasteiger partial charge is 0.356 e. The third kappa shape index (κ3) is 3.21. The zero-order valence-electron chi connectivity index (χ0n) is 14.1. The summed E-state index contributed by atoms with van der Waals surface area (Å²) in [5, 5.41) is 6.89. The zero-order chi connectivity index (χ0) is 16.4. The molecule has 0 aliphatic carbocycles. The lowest BCUT2D eigenvalue weighted by atomic mass is 10.00. The molecule has 3 rings (SSSR count). The van der Waals surface area contributed by atoms with Crippen molar-refractivity contribution in [3.63, 3.8) is 0 Å². The van der Waals surface area contributed by atoms with Crippen molar-refractivity contribution in [3.8, 4) is 0 Å². The van der Waals surface area contributed by atoms with Crippen LogP contribution in [0.2, 0.25) is 0 Å². The highest BCUT2D eigenvalue weighted by Crippen LogP contribution is 2.35. The van der Waals surface area contributed by atoms with Gasteiger partial charge in [0.2, 0.25) is 0 Å². The number of fused-ring (bicyclic) bond motifs is 1. The van der Waals surface area contributed by atoms with Gasteiger partial charge in [0, 0.05) is 23.8 Å². The number of nitrogens with zero attached hydrogens (tertiary/aromatic N) is 3. The van der Waals surface area contributed by atoms with E-state index < -0.39 is 0 Å². The lowest BCUT2D eigenvalue weighted by Gasteiger charge is -2.25. The summed E-state index contributed by atoms with van der Waals surface area (Å²) in [6.07, 6.45) is 8.67. The number of hydrogen-bond donors (Lipinski definition) is 3. The van der Waals surface area contributed by atoms with E-state index in [0.717, 1.165) is 16.9 Å². The molecular weight excluding hydrogens is 307 g/mol. The van der Waals surface area contributed by atoms with Crippen molar-refractivity contribution in [2.45, 2.75) is 50.7 Å². The fourth-order valence-electron chi connectivity index (χ4n) is 3.62. The number of nitrogens with one attached hydrogen (secondary N) is 3. The Morgan fingerprint density at radius 1 is 1.39 bits per heavy atom. The van der Waals surface area contributed by atoms with Crippen LogP contribution in [0.5, 0.6) is 0 Å². The second-order valence-corrected chi connectivity index (χ2v) is 6.87. The van der Waals surface area contributed by atoms with Crippen molar-refractivity contribution in [2.75, 3.05) is 19.2 Å². The van der Waals surface area contributed by atoms with Crippen molar-refractivity contribution in [1.29, 1.82) is 0 Å². The molecular formula is C16H27N6P. The van der Waals surface area contributed by atoms with Crippen LogP contribution in [0.4, 0.5) is 5.82 Å². The molecule has 4 unspecified atom stereocenters. The Labute approximate surface area is 140 Å². The van der Waals surface area contributed by atoms with Crippen LogP contribution in [0.25, 0.3) is 11.0 Å². The van der Waals surface area contributed by atoms with Crippen LogP contribution in [-0.4, -0.2) is 46.0 Å². The fraction of sp³-hybridized carbons (Fsp3) is 0.625. The standard InChI is InChI=1S/C16H27N6P/c1-4-5-6-10-7-12(22(2)3)13(20-10)11-8-17-15-14(11)18-9-19-16(15)21-23/h8-10,12-13,17,20H,4-7,23H2,1-3H3,(H,18,19,21). The van der Waals surface area contributed by atoms with Crippen LogP contribution in [0, 0.1) is 0 Å². The van der Waals surface area contributed by atoms with E-state index in [-0.39, 0.29) is 0 Å². The smallest absolute Gasteiger partial charge is 0.156 e. The summed E-state index contributed by atoms with van der Waals surface area (Å²) in [5.74, 6) is 0.813. The number of hydrogen-bond acceptors (Lipinski definition) is 5. The molecule has 2 aromatic heterocycles. The number of likely N-dealkylation sites (N-methyl/N-ethyl adjacent to an activating group) is 1. The second-order valence-electron chi connectivity index (χ2n) is 6.58. The predicted molar refractivity (Wildman–Crippen MR) is 98.5 cm³/mol. The molecule has 4 atom stereocenters. The maximum atomic E-state index is 4.53. The Kier molecular flexibility index (Phi) is 5.14. The Morgan fingerprint density at radius 2 is 2.22 bits per heavy atom. The summed E-state index contributed by atoms with van der Waals surface area (Å²) in [6, 6.07) is 1.37. The van der Waals surface area contributed by atoms with Crippen LogP contribution in [-0.2, 0) is 0 Å². The maximum Gasteiger partial charge on any atom is 0.156 e. The molecule has 126 valence electrons. The molecule has 1 fully saturated rings. The Bertz CT molecular complexity index is 655. The number of anilines is 1. The zero-order valence-corrected chi connectivity index (χ0v) is 15.3. The van der Waals surface area contributed by atoms with Crippen LogP contribution >= 0.6 is 9.39 Å². The average molecular weight is 334 g/mol. The van der Waals surface area contributed by atoms with Gasteiger partial charge in [-0.05, 0) is 36.3 Å². The summed E-state index contributed by atoms with van der Waals surface area (Å²) in [7, 11) is 6.83. The van der Waals surface area contributed by atoms with Gasteiger partial charge < -0.3 is 20.3 Å². The summed E-state index contributed by atoms with van der Waals surface area (Å²) in [6.45, 7) is 2.25. The summed E-state index contributed by atoms with van der Waals surface area (Å²) < 4.78 is 0. The van der Waals surface area contributed by atoms with E-state index in [4.69, 9.17) is 0 Å². The Hall–Kier alpha value is -1.23. The van der Waals surface area contributed by atoms with Crippen LogP contribution in [0.3, 0.4) is 0 Å². The normalized spacial score (nSPS) is 24.7. The van der Waals surface area contributed by atoms with E-state index >= 15 is 0 Å². The number of aromatic nitrogens is 3. The molecule has 1 aliphatic rings. The van der Waals surface area contributed by atoms with Gasteiger partial charge in [-0.1, -0.05) is 19.8 Å². The van der Waals surface area contributed by atoms with Gasteiger partial charge in [0.15, 0.2) is 5.82 Å². The van der Waals surface area contributed by atoms with Gasteiger partial charge >= 0.3 is 0 Å². The van der Waals surface area contributed by atoms with Gasteiger partial charge in [-0.15, -0.1) is 0 Å². The minimum atomic E-state index is 0.299. The molecule has 0 saturated carbocycles. The molecule has 3 heterocycles. The molecule has 0 radical (unpaired) electrons. The van der Waals surface area contributed by atoms with Crippen LogP contribution in [0.1, 0.15) is 44.2 Å². The molecule has 2 aromatic rings. The molecule has 7 heteroatoms. The van der Waals surface area contributed by atoms with Crippen molar-refractivity contribution in [1.82, 2.24) is 25.2 Å². The van der Waals surface area contributed by atoms with E-state index in [1.165, 1.54) is 31.2 Å². The second kappa shape index (κ2) is 7.12. The molecule has 0 amide bonds. The average Bonchev–Trinajstić information content (AvgIpc) is 3.16. The van der Waals surface area contributed by atoms with E-state index in [2.05, 4.69) is 66.9 Å². The van der Waals surface area contributed by atoms with E-state index in [0.29, 0.717) is 18.1 Å². The molecule has 1 aliphatic heterocycles. The third-order valence-electron chi connectivity index (χ3n) is 4.86. The van der Waals surface area contributed by atoms with Crippen LogP contribution < -0.4 is 10.4 Å². The molecule has 0 aromatic carbocycles. The first-order valence-electron chi connectivity index (χ1n) is 8.36. The van der Waals surface area contributed by atoms with Gasteiger partial charge in [0.1, 0.15) is 11.8 Å². The predicted octanol–water partition coefficient (Wildman–Crippen LogP) is 2.68. The number of unbranched alkanes of at least 4 members (excludes halogenated alkanes) is 1. The van der Waals surface area contributed by atoms with Gasteiger partial charge in [0.05, 0.1) is 11.6 Å².